The van der Waals surface area contributed by atoms with Gasteiger partial charge in [-0.05, 0) is 59.8 Å². The van der Waals surface area contributed by atoms with Gasteiger partial charge in [0.25, 0.3) is 11.1 Å². The lowest BCUT2D eigenvalue weighted by Crippen LogP contribution is -2.17. The molecule has 1 N–H and O–H groups in total. The molecule has 6 nitrogen and oxygen atoms in total. The number of fused-ring (bicyclic) bond motifs is 1. The summed E-state index contributed by atoms with van der Waals surface area (Å²) in [4.78, 5) is 28.6. The molecule has 0 unspecified atom stereocenters. The molecule has 154 valence electrons. The molecule has 0 saturated heterocycles. The van der Waals surface area contributed by atoms with E-state index in [1.54, 1.807) is 26.2 Å². The fourth-order valence-corrected chi connectivity index (χ4v) is 4.48. The number of rotatable bonds is 4. The van der Waals surface area contributed by atoms with Crippen LogP contribution in [0.2, 0.25) is 0 Å². The van der Waals surface area contributed by atoms with Gasteiger partial charge in [-0.15, -0.1) is 11.3 Å². The van der Waals surface area contributed by atoms with Crippen molar-refractivity contribution in [1.29, 1.82) is 0 Å². The summed E-state index contributed by atoms with van der Waals surface area (Å²) in [5.74, 6) is 1.24. The third-order valence-corrected chi connectivity index (χ3v) is 6.60. The number of carbonyl (C=O) groups is 2. The van der Waals surface area contributed by atoms with Crippen LogP contribution < -0.4 is 14.8 Å². The third-order valence-electron chi connectivity index (χ3n) is 4.35. The zero-order valence-electron chi connectivity index (χ0n) is 16.5. The summed E-state index contributed by atoms with van der Waals surface area (Å²) in [7, 11) is 3.39. The number of nitrogens with zero attached hydrogens (tertiary/aromatic N) is 1. The van der Waals surface area contributed by atoms with Crippen molar-refractivity contribution in [2.24, 2.45) is 0 Å². The van der Waals surface area contributed by atoms with Crippen molar-refractivity contribution in [2.45, 2.75) is 4.90 Å². The molecule has 0 fully saturated rings. The molecular formula is C22H20N2O4S2. The van der Waals surface area contributed by atoms with Gasteiger partial charge >= 0.3 is 0 Å². The Balaban J connectivity index is 1.51. The molecule has 0 radical (unpaired) electrons. The van der Waals surface area contributed by atoms with E-state index in [9.17, 15) is 9.59 Å². The molecule has 0 aliphatic carbocycles. The fourth-order valence-electron chi connectivity index (χ4n) is 2.84. The number of carbonyl (C=O) groups excluding carboxylic acids is 2. The van der Waals surface area contributed by atoms with E-state index in [4.69, 9.17) is 9.47 Å². The second-order valence-electron chi connectivity index (χ2n) is 6.74. The average Bonchev–Trinajstić information content (AvgIpc) is 3.25. The number of anilines is 1. The van der Waals surface area contributed by atoms with Crippen molar-refractivity contribution in [3.63, 3.8) is 0 Å². The van der Waals surface area contributed by atoms with E-state index in [0.29, 0.717) is 28.7 Å². The number of nitrogens with one attached hydrogen (secondary N) is 1. The number of thiophene rings is 1. The minimum atomic E-state index is -0.214. The number of thioether (sulfide) groups is 1. The van der Waals surface area contributed by atoms with Crippen LogP contribution in [0, 0.1) is 0 Å². The Kier molecular flexibility index (Phi) is 5.96. The van der Waals surface area contributed by atoms with Gasteiger partial charge in [-0.2, -0.15) is 0 Å². The van der Waals surface area contributed by atoms with E-state index in [-0.39, 0.29) is 11.1 Å². The molecule has 1 aliphatic rings. The monoisotopic (exact) mass is 440 g/mol. The number of benzene rings is 2. The molecule has 0 bridgehead atoms. The summed E-state index contributed by atoms with van der Waals surface area (Å²) >= 11 is 2.48. The molecular weight excluding hydrogens is 420 g/mol. The quantitative estimate of drug-likeness (QED) is 0.564. The van der Waals surface area contributed by atoms with E-state index < -0.39 is 0 Å². The second kappa shape index (κ2) is 8.81. The van der Waals surface area contributed by atoms with Gasteiger partial charge in [0.1, 0.15) is 13.2 Å². The SMILES string of the molecule is CN(C)C(=O)Sc1ccccc1NC(=O)c1ccc(-c2ccc3c(c2)OCCO3)s1. The summed E-state index contributed by atoms with van der Waals surface area (Å²) in [6.07, 6.45) is 0. The largest absolute Gasteiger partial charge is 0.486 e. The van der Waals surface area contributed by atoms with Crippen LogP contribution in [0.4, 0.5) is 10.5 Å². The first-order chi connectivity index (χ1) is 14.5. The van der Waals surface area contributed by atoms with Gasteiger partial charge in [0, 0.05) is 23.9 Å². The first-order valence-corrected chi connectivity index (χ1v) is 10.9. The van der Waals surface area contributed by atoms with Gasteiger partial charge in [-0.25, -0.2) is 0 Å². The molecule has 2 aromatic carbocycles. The van der Waals surface area contributed by atoms with Gasteiger partial charge in [-0.1, -0.05) is 12.1 Å². The molecule has 2 heterocycles. The maximum Gasteiger partial charge on any atom is 0.286 e. The Labute approximate surface area is 182 Å². The second-order valence-corrected chi connectivity index (χ2v) is 8.81. The Morgan fingerprint density at radius 1 is 1.00 bits per heavy atom. The molecule has 8 heteroatoms. The number of ether oxygens (including phenoxy) is 2. The van der Waals surface area contributed by atoms with Crippen LogP contribution in [0.15, 0.2) is 59.5 Å². The van der Waals surface area contributed by atoms with Crippen molar-refractivity contribution in [2.75, 3.05) is 32.6 Å². The highest BCUT2D eigenvalue weighted by molar-refractivity contribution is 8.13. The number of hydrogen-bond acceptors (Lipinski definition) is 6. The van der Waals surface area contributed by atoms with Crippen LogP contribution in [0.1, 0.15) is 9.67 Å². The van der Waals surface area contributed by atoms with Crippen LogP contribution in [0.5, 0.6) is 11.5 Å². The predicted octanol–water partition coefficient (Wildman–Crippen LogP) is 5.21. The average molecular weight is 441 g/mol. The van der Waals surface area contributed by atoms with Crippen molar-refractivity contribution in [3.05, 3.63) is 59.5 Å². The smallest absolute Gasteiger partial charge is 0.286 e. The lowest BCUT2D eigenvalue weighted by atomic mass is 10.1. The van der Waals surface area contributed by atoms with E-state index >= 15 is 0 Å². The molecule has 1 aromatic heterocycles. The van der Waals surface area contributed by atoms with E-state index in [1.165, 1.54) is 16.2 Å². The lowest BCUT2D eigenvalue weighted by molar-refractivity contribution is 0.103. The van der Waals surface area contributed by atoms with Crippen LogP contribution in [-0.2, 0) is 0 Å². The van der Waals surface area contributed by atoms with Gasteiger partial charge in [0.15, 0.2) is 11.5 Å². The predicted molar refractivity (Wildman–Crippen MR) is 120 cm³/mol. The Morgan fingerprint density at radius 3 is 2.57 bits per heavy atom. The number of amides is 2. The van der Waals surface area contributed by atoms with Gasteiger partial charge in [0.05, 0.1) is 10.6 Å². The fraction of sp³-hybridized carbons (Fsp3) is 0.182. The molecule has 0 saturated carbocycles. The maximum absolute atomic E-state index is 12.8. The number of hydrogen-bond donors (Lipinski definition) is 1. The summed E-state index contributed by atoms with van der Waals surface area (Å²) in [5.41, 5.74) is 1.58. The first-order valence-electron chi connectivity index (χ1n) is 9.30. The van der Waals surface area contributed by atoms with Gasteiger partial charge < -0.3 is 19.7 Å². The van der Waals surface area contributed by atoms with Crippen LogP contribution in [0.3, 0.4) is 0 Å². The van der Waals surface area contributed by atoms with E-state index in [2.05, 4.69) is 5.32 Å². The van der Waals surface area contributed by atoms with Crippen molar-refractivity contribution in [3.8, 4) is 21.9 Å². The van der Waals surface area contributed by atoms with Crippen molar-refractivity contribution < 1.29 is 19.1 Å². The highest BCUT2D eigenvalue weighted by Gasteiger charge is 2.17. The highest BCUT2D eigenvalue weighted by Crippen LogP contribution is 2.37. The van der Waals surface area contributed by atoms with E-state index in [0.717, 1.165) is 33.7 Å². The van der Waals surface area contributed by atoms with Crippen LogP contribution in [0.25, 0.3) is 10.4 Å². The Morgan fingerprint density at radius 2 is 1.77 bits per heavy atom. The normalized spacial score (nSPS) is 12.3. The minimum absolute atomic E-state index is 0.103. The summed E-state index contributed by atoms with van der Waals surface area (Å²) in [5, 5.41) is 2.82. The molecule has 4 rings (SSSR count). The number of para-hydroxylation sites is 1. The standard InChI is InChI=1S/C22H20N2O4S2/c1-24(2)22(26)30-19-6-4-3-5-15(19)23-21(25)20-10-9-18(29-20)14-7-8-16-17(13-14)28-12-11-27-16/h3-10,13H,11-12H2,1-2H3,(H,23,25). The summed E-state index contributed by atoms with van der Waals surface area (Å²) in [6, 6.07) is 16.8. The highest BCUT2D eigenvalue weighted by atomic mass is 32.2. The lowest BCUT2D eigenvalue weighted by Gasteiger charge is -2.18. The van der Waals surface area contributed by atoms with E-state index in [1.807, 2.05) is 42.5 Å². The molecule has 1 aliphatic heterocycles. The summed E-state index contributed by atoms with van der Waals surface area (Å²) < 4.78 is 11.2. The minimum Gasteiger partial charge on any atom is -0.486 e. The molecule has 30 heavy (non-hydrogen) atoms. The Bertz CT molecular complexity index is 1090. The van der Waals surface area contributed by atoms with Crippen LogP contribution in [-0.4, -0.2) is 43.4 Å². The first kappa shape index (κ1) is 20.3. The van der Waals surface area contributed by atoms with Gasteiger partial charge in [-0.3, -0.25) is 9.59 Å². The molecule has 2 amide bonds. The van der Waals surface area contributed by atoms with Crippen molar-refractivity contribution in [1.82, 2.24) is 4.90 Å². The molecule has 0 atom stereocenters. The zero-order valence-corrected chi connectivity index (χ0v) is 18.1. The van der Waals surface area contributed by atoms with Crippen molar-refractivity contribution >= 4 is 39.9 Å². The zero-order chi connectivity index (χ0) is 21.1. The Hall–Kier alpha value is -2.97. The summed E-state index contributed by atoms with van der Waals surface area (Å²) in [6.45, 7) is 1.08. The van der Waals surface area contributed by atoms with Crippen LogP contribution >= 0.6 is 23.1 Å². The topological polar surface area (TPSA) is 67.9 Å². The third kappa shape index (κ3) is 4.44. The maximum atomic E-state index is 12.8. The molecule has 0 spiro atoms. The molecule has 3 aromatic rings. The van der Waals surface area contributed by atoms with Gasteiger partial charge in [0.2, 0.25) is 0 Å².